The zero-order valence-electron chi connectivity index (χ0n) is 13.4. The molecule has 1 aliphatic rings. The van der Waals surface area contributed by atoms with Crippen molar-refractivity contribution in [2.75, 3.05) is 23.3 Å². The number of nitrogens with zero attached hydrogens (tertiary/aromatic N) is 2. The van der Waals surface area contributed by atoms with Gasteiger partial charge in [-0.3, -0.25) is 9.78 Å². The number of hydrogen-bond acceptors (Lipinski definition) is 3. The minimum absolute atomic E-state index is 0.00939. The van der Waals surface area contributed by atoms with Gasteiger partial charge in [0.25, 0.3) is 0 Å². The quantitative estimate of drug-likeness (QED) is 0.802. The van der Waals surface area contributed by atoms with E-state index in [1.807, 2.05) is 36.4 Å². The smallest absolute Gasteiger partial charge is 0.243 e. The highest BCUT2D eigenvalue weighted by molar-refractivity contribution is 6.01. The molecule has 0 aliphatic carbocycles. The molecule has 0 saturated heterocycles. The Morgan fingerprint density at radius 1 is 1.08 bits per heavy atom. The van der Waals surface area contributed by atoms with Crippen molar-refractivity contribution in [3.05, 3.63) is 66.4 Å². The standard InChI is InChI=1S/C20H19N3O/c24-19(14-23-13-5-9-15-6-1-2-11-18(15)23)22-17-10-3-7-16-8-4-12-21-20(16)17/h1-4,6-8,10-12H,5,9,13-14H2,(H,22,24). The lowest BCUT2D eigenvalue weighted by Crippen LogP contribution is -2.36. The second-order valence-corrected chi connectivity index (χ2v) is 6.08. The van der Waals surface area contributed by atoms with Crippen LogP contribution in [0.4, 0.5) is 11.4 Å². The van der Waals surface area contributed by atoms with Crippen LogP contribution < -0.4 is 10.2 Å². The number of aryl methyl sites for hydroxylation is 1. The van der Waals surface area contributed by atoms with Gasteiger partial charge in [0.05, 0.1) is 17.7 Å². The van der Waals surface area contributed by atoms with Crippen LogP contribution in [0.25, 0.3) is 10.9 Å². The van der Waals surface area contributed by atoms with E-state index in [1.54, 1.807) is 6.20 Å². The number of anilines is 2. The molecule has 4 rings (SSSR count). The molecule has 24 heavy (non-hydrogen) atoms. The van der Waals surface area contributed by atoms with Crippen molar-refractivity contribution in [1.82, 2.24) is 4.98 Å². The van der Waals surface area contributed by atoms with Gasteiger partial charge in [0, 0.05) is 23.8 Å². The lowest BCUT2D eigenvalue weighted by molar-refractivity contribution is -0.115. The topological polar surface area (TPSA) is 45.2 Å². The van der Waals surface area contributed by atoms with Gasteiger partial charge in [-0.2, -0.15) is 0 Å². The molecular weight excluding hydrogens is 298 g/mol. The van der Waals surface area contributed by atoms with E-state index in [9.17, 15) is 4.79 Å². The Balaban J connectivity index is 1.53. The fourth-order valence-electron chi connectivity index (χ4n) is 3.34. The molecule has 1 aliphatic heterocycles. The second kappa shape index (κ2) is 6.32. The van der Waals surface area contributed by atoms with Crippen LogP contribution in [0.1, 0.15) is 12.0 Å². The van der Waals surface area contributed by atoms with Crippen LogP contribution in [0, 0.1) is 0 Å². The summed E-state index contributed by atoms with van der Waals surface area (Å²) >= 11 is 0. The van der Waals surface area contributed by atoms with Crippen LogP contribution in [0.3, 0.4) is 0 Å². The molecule has 0 fully saturated rings. The van der Waals surface area contributed by atoms with E-state index < -0.39 is 0 Å². The van der Waals surface area contributed by atoms with Gasteiger partial charge in [0.15, 0.2) is 0 Å². The Morgan fingerprint density at radius 2 is 1.96 bits per heavy atom. The third-order valence-corrected chi connectivity index (χ3v) is 4.45. The van der Waals surface area contributed by atoms with Gasteiger partial charge in [-0.05, 0) is 36.6 Å². The molecule has 120 valence electrons. The predicted molar refractivity (Wildman–Crippen MR) is 97.3 cm³/mol. The first-order chi connectivity index (χ1) is 11.8. The molecule has 0 atom stereocenters. The lowest BCUT2D eigenvalue weighted by atomic mass is 10.0. The Labute approximate surface area is 141 Å². The summed E-state index contributed by atoms with van der Waals surface area (Å²) in [7, 11) is 0. The van der Waals surface area contributed by atoms with Gasteiger partial charge in [-0.25, -0.2) is 0 Å². The molecule has 0 radical (unpaired) electrons. The van der Waals surface area contributed by atoms with Crippen LogP contribution in [0.2, 0.25) is 0 Å². The van der Waals surface area contributed by atoms with Gasteiger partial charge in [0.2, 0.25) is 5.91 Å². The molecule has 1 amide bonds. The molecule has 1 N–H and O–H groups in total. The zero-order chi connectivity index (χ0) is 16.4. The molecule has 2 aromatic carbocycles. The summed E-state index contributed by atoms with van der Waals surface area (Å²) in [6.07, 6.45) is 3.92. The highest BCUT2D eigenvalue weighted by Crippen LogP contribution is 2.26. The molecule has 0 bridgehead atoms. The number of benzene rings is 2. The number of fused-ring (bicyclic) bond motifs is 2. The van der Waals surface area contributed by atoms with Gasteiger partial charge >= 0.3 is 0 Å². The SMILES string of the molecule is O=C(CN1CCCc2ccccc21)Nc1cccc2cccnc12. The summed E-state index contributed by atoms with van der Waals surface area (Å²) < 4.78 is 0. The predicted octanol–water partition coefficient (Wildman–Crippen LogP) is 3.63. The molecule has 1 aromatic heterocycles. The van der Waals surface area contributed by atoms with Crippen LogP contribution >= 0.6 is 0 Å². The zero-order valence-corrected chi connectivity index (χ0v) is 13.4. The highest BCUT2D eigenvalue weighted by Gasteiger charge is 2.19. The number of rotatable bonds is 3. The van der Waals surface area contributed by atoms with Crippen molar-refractivity contribution in [3.63, 3.8) is 0 Å². The Hall–Kier alpha value is -2.88. The number of carbonyl (C=O) groups is 1. The molecule has 0 saturated carbocycles. The first-order valence-electron chi connectivity index (χ1n) is 8.28. The summed E-state index contributed by atoms with van der Waals surface area (Å²) in [6.45, 7) is 1.28. The van der Waals surface area contributed by atoms with Crippen LogP contribution in [-0.4, -0.2) is 24.0 Å². The maximum absolute atomic E-state index is 12.6. The highest BCUT2D eigenvalue weighted by atomic mass is 16.2. The number of pyridine rings is 1. The monoisotopic (exact) mass is 317 g/mol. The molecular formula is C20H19N3O. The average Bonchev–Trinajstić information content (AvgIpc) is 2.62. The summed E-state index contributed by atoms with van der Waals surface area (Å²) in [6, 6.07) is 18.1. The number of nitrogens with one attached hydrogen (secondary N) is 1. The number of amides is 1. The number of para-hydroxylation sites is 2. The van der Waals surface area contributed by atoms with Crippen LogP contribution in [0.15, 0.2) is 60.8 Å². The summed E-state index contributed by atoms with van der Waals surface area (Å²) in [5.74, 6) is -0.00939. The van der Waals surface area contributed by atoms with Crippen molar-refractivity contribution in [2.45, 2.75) is 12.8 Å². The summed E-state index contributed by atoms with van der Waals surface area (Å²) in [5, 5.41) is 4.05. The fraction of sp³-hybridized carbons (Fsp3) is 0.200. The average molecular weight is 317 g/mol. The first kappa shape index (κ1) is 14.7. The number of hydrogen-bond donors (Lipinski definition) is 1. The van der Waals surface area contributed by atoms with Gasteiger partial charge in [-0.1, -0.05) is 36.4 Å². The van der Waals surface area contributed by atoms with Crippen LogP contribution in [0.5, 0.6) is 0 Å². The molecule has 3 aromatic rings. The summed E-state index contributed by atoms with van der Waals surface area (Å²) in [5.41, 5.74) is 4.09. The van der Waals surface area contributed by atoms with E-state index in [2.05, 4.69) is 33.4 Å². The minimum atomic E-state index is -0.00939. The normalized spacial score (nSPS) is 13.6. The van der Waals surface area contributed by atoms with Gasteiger partial charge < -0.3 is 10.2 Å². The van der Waals surface area contributed by atoms with E-state index in [0.29, 0.717) is 6.54 Å². The third-order valence-electron chi connectivity index (χ3n) is 4.45. The fourth-order valence-corrected chi connectivity index (χ4v) is 3.34. The maximum atomic E-state index is 12.6. The van der Waals surface area contributed by atoms with E-state index in [0.717, 1.165) is 36.0 Å². The molecule has 2 heterocycles. The maximum Gasteiger partial charge on any atom is 0.243 e. The van der Waals surface area contributed by atoms with E-state index in [1.165, 1.54) is 11.3 Å². The molecule has 0 spiro atoms. The number of carbonyl (C=O) groups excluding carboxylic acids is 1. The van der Waals surface area contributed by atoms with Crippen molar-refractivity contribution >= 4 is 28.2 Å². The van der Waals surface area contributed by atoms with E-state index >= 15 is 0 Å². The second-order valence-electron chi connectivity index (χ2n) is 6.08. The molecule has 4 heteroatoms. The number of aromatic nitrogens is 1. The van der Waals surface area contributed by atoms with Gasteiger partial charge in [0.1, 0.15) is 0 Å². The van der Waals surface area contributed by atoms with E-state index in [4.69, 9.17) is 0 Å². The Morgan fingerprint density at radius 3 is 2.92 bits per heavy atom. The first-order valence-corrected chi connectivity index (χ1v) is 8.28. The Kier molecular flexibility index (Phi) is 3.87. The van der Waals surface area contributed by atoms with Crippen molar-refractivity contribution < 1.29 is 4.79 Å². The lowest BCUT2D eigenvalue weighted by Gasteiger charge is -2.30. The largest absolute Gasteiger partial charge is 0.362 e. The third kappa shape index (κ3) is 2.83. The summed E-state index contributed by atoms with van der Waals surface area (Å²) in [4.78, 5) is 19.1. The van der Waals surface area contributed by atoms with E-state index in [-0.39, 0.29) is 5.91 Å². The molecule has 0 unspecified atom stereocenters. The minimum Gasteiger partial charge on any atom is -0.362 e. The van der Waals surface area contributed by atoms with Crippen molar-refractivity contribution in [1.29, 1.82) is 0 Å². The van der Waals surface area contributed by atoms with Gasteiger partial charge in [-0.15, -0.1) is 0 Å². The molecule has 4 nitrogen and oxygen atoms in total. The van der Waals surface area contributed by atoms with Crippen molar-refractivity contribution in [3.8, 4) is 0 Å². The van der Waals surface area contributed by atoms with Crippen LogP contribution in [-0.2, 0) is 11.2 Å². The van der Waals surface area contributed by atoms with Crippen molar-refractivity contribution in [2.24, 2.45) is 0 Å². The Bertz CT molecular complexity index is 885.